The summed E-state index contributed by atoms with van der Waals surface area (Å²) >= 11 is 0. The first-order valence-electron chi connectivity index (χ1n) is 4.40. The molecule has 0 aliphatic heterocycles. The molecule has 0 aromatic carbocycles. The van der Waals surface area contributed by atoms with Gasteiger partial charge in [0.15, 0.2) is 0 Å². The molecule has 0 N–H and O–H groups in total. The monoisotopic (exact) mass is 215 g/mol. The maximum absolute atomic E-state index is 11.0. The van der Waals surface area contributed by atoms with Gasteiger partial charge in [-0.15, -0.1) is 0 Å². The van der Waals surface area contributed by atoms with Gasteiger partial charge in [-0.05, 0) is 25.0 Å². The fraction of sp³-hybridized carbons (Fsp3) is 0.444. The predicted molar refractivity (Wildman–Crippen MR) is 53.4 cm³/mol. The minimum absolute atomic E-state index is 0.0139. The molecule has 1 heterocycles. The van der Waals surface area contributed by atoms with Gasteiger partial charge >= 0.3 is 0 Å². The van der Waals surface area contributed by atoms with Crippen LogP contribution in [0, 0.1) is 0 Å². The van der Waals surface area contributed by atoms with Gasteiger partial charge in [-0.25, -0.2) is 0 Å². The Morgan fingerprint density at radius 1 is 1.50 bits per heavy atom. The van der Waals surface area contributed by atoms with Crippen molar-refractivity contribution in [1.82, 2.24) is 4.98 Å². The summed E-state index contributed by atoms with van der Waals surface area (Å²) in [5.74, 6) is 0.0139. The maximum atomic E-state index is 11.0. The van der Waals surface area contributed by atoms with Crippen molar-refractivity contribution in [1.29, 1.82) is 0 Å². The largest absolute Gasteiger partial charge is 0.270 e. The first-order chi connectivity index (χ1) is 6.64. The Morgan fingerprint density at radius 2 is 2.29 bits per heavy atom. The molecule has 4 nitrogen and oxygen atoms in total. The Morgan fingerprint density at radius 3 is 2.86 bits per heavy atom. The molecule has 0 spiro atoms. The molecule has 0 fully saturated rings. The Balaban J connectivity index is 2.37. The van der Waals surface area contributed by atoms with E-state index in [1.54, 1.807) is 19.3 Å². The van der Waals surface area contributed by atoms with Gasteiger partial charge in [-0.3, -0.25) is 9.17 Å². The average molecular weight is 215 g/mol. The summed E-state index contributed by atoms with van der Waals surface area (Å²) in [6.07, 6.45) is 3.93. The number of aromatic nitrogens is 1. The zero-order chi connectivity index (χ0) is 10.4. The molecule has 1 rings (SSSR count). The van der Waals surface area contributed by atoms with Gasteiger partial charge in [0.25, 0.3) is 10.1 Å². The van der Waals surface area contributed by atoms with Crippen molar-refractivity contribution in [2.45, 2.75) is 13.3 Å². The average Bonchev–Trinajstić information content (AvgIpc) is 2.19. The van der Waals surface area contributed by atoms with Crippen LogP contribution in [0.4, 0.5) is 0 Å². The minimum Gasteiger partial charge on any atom is -0.270 e. The van der Waals surface area contributed by atoms with E-state index >= 15 is 0 Å². The zero-order valence-corrected chi connectivity index (χ0v) is 8.83. The van der Waals surface area contributed by atoms with Crippen LogP contribution in [-0.2, 0) is 20.7 Å². The Bertz CT molecular complexity index is 361. The summed E-state index contributed by atoms with van der Waals surface area (Å²) in [7, 11) is -3.31. The van der Waals surface area contributed by atoms with Gasteiger partial charge in [0, 0.05) is 12.4 Å². The Kier molecular flexibility index (Phi) is 4.03. The summed E-state index contributed by atoms with van der Waals surface area (Å²) in [6.45, 7) is 1.74. The van der Waals surface area contributed by atoms with Gasteiger partial charge in [-0.2, -0.15) is 8.42 Å². The van der Waals surface area contributed by atoms with E-state index in [9.17, 15) is 8.42 Å². The van der Waals surface area contributed by atoms with Gasteiger partial charge in [0.1, 0.15) is 0 Å². The number of hydrogen-bond donors (Lipinski definition) is 0. The third kappa shape index (κ3) is 3.85. The fourth-order valence-electron chi connectivity index (χ4n) is 0.916. The maximum Gasteiger partial charge on any atom is 0.267 e. The van der Waals surface area contributed by atoms with Crippen LogP contribution in [0.25, 0.3) is 0 Å². The predicted octanol–water partition coefficient (Wildman–Crippen LogP) is 0.990. The Hall–Kier alpha value is -0.940. The van der Waals surface area contributed by atoms with Crippen LogP contribution < -0.4 is 0 Å². The Labute approximate surface area is 84.1 Å². The van der Waals surface area contributed by atoms with Gasteiger partial charge < -0.3 is 0 Å². The normalized spacial score (nSPS) is 11.5. The molecular weight excluding hydrogens is 202 g/mol. The fourth-order valence-corrected chi connectivity index (χ4v) is 1.42. The van der Waals surface area contributed by atoms with Crippen LogP contribution in [0.2, 0.25) is 0 Å². The molecule has 0 amide bonds. The van der Waals surface area contributed by atoms with Crippen LogP contribution in [0.15, 0.2) is 24.5 Å². The summed E-state index contributed by atoms with van der Waals surface area (Å²) in [6, 6.07) is 3.69. The lowest BCUT2D eigenvalue weighted by molar-refractivity contribution is 0.323. The van der Waals surface area contributed by atoms with E-state index in [1.807, 2.05) is 12.1 Å². The second-order valence-corrected chi connectivity index (χ2v) is 4.71. The summed E-state index contributed by atoms with van der Waals surface area (Å²) < 4.78 is 26.6. The zero-order valence-electron chi connectivity index (χ0n) is 8.01. The van der Waals surface area contributed by atoms with Crippen LogP contribution in [0.5, 0.6) is 0 Å². The van der Waals surface area contributed by atoms with Crippen LogP contribution in [0.3, 0.4) is 0 Å². The lowest BCUT2D eigenvalue weighted by Gasteiger charge is -2.02. The lowest BCUT2D eigenvalue weighted by atomic mass is 10.2. The highest BCUT2D eigenvalue weighted by Crippen LogP contribution is 1.99. The molecule has 0 saturated heterocycles. The molecule has 0 atom stereocenters. The van der Waals surface area contributed by atoms with Crippen molar-refractivity contribution in [2.24, 2.45) is 0 Å². The van der Waals surface area contributed by atoms with E-state index in [0.717, 1.165) is 5.56 Å². The van der Waals surface area contributed by atoms with Crippen LogP contribution in [0.1, 0.15) is 12.5 Å². The number of pyridine rings is 1. The quantitative estimate of drug-likeness (QED) is 0.687. The number of rotatable bonds is 5. The first kappa shape index (κ1) is 11.1. The van der Waals surface area contributed by atoms with E-state index in [4.69, 9.17) is 4.18 Å². The smallest absolute Gasteiger partial charge is 0.267 e. The summed E-state index contributed by atoms with van der Waals surface area (Å²) in [5, 5.41) is 0. The third-order valence-electron chi connectivity index (χ3n) is 1.73. The van der Waals surface area contributed by atoms with E-state index < -0.39 is 10.1 Å². The molecule has 0 aliphatic rings. The SMILES string of the molecule is CCS(=O)(=O)OCCc1cccnc1. The number of hydrogen-bond acceptors (Lipinski definition) is 4. The molecule has 0 aliphatic carbocycles. The minimum atomic E-state index is -3.31. The van der Waals surface area contributed by atoms with Crippen molar-refractivity contribution in [3.05, 3.63) is 30.1 Å². The summed E-state index contributed by atoms with van der Waals surface area (Å²) in [4.78, 5) is 3.91. The highest BCUT2D eigenvalue weighted by Gasteiger charge is 2.06. The molecule has 0 unspecified atom stereocenters. The van der Waals surface area contributed by atoms with Gasteiger partial charge in [0.05, 0.1) is 12.4 Å². The third-order valence-corrected chi connectivity index (χ3v) is 2.96. The van der Waals surface area contributed by atoms with Crippen molar-refractivity contribution >= 4 is 10.1 Å². The van der Waals surface area contributed by atoms with Gasteiger partial charge in [-0.1, -0.05) is 6.07 Å². The van der Waals surface area contributed by atoms with Gasteiger partial charge in [0.2, 0.25) is 0 Å². The van der Waals surface area contributed by atoms with E-state index in [1.165, 1.54) is 0 Å². The molecule has 14 heavy (non-hydrogen) atoms. The van der Waals surface area contributed by atoms with Crippen LogP contribution in [-0.4, -0.2) is 25.8 Å². The molecule has 0 saturated carbocycles. The number of nitrogens with zero attached hydrogens (tertiary/aromatic N) is 1. The van der Waals surface area contributed by atoms with Crippen molar-refractivity contribution < 1.29 is 12.6 Å². The van der Waals surface area contributed by atoms with E-state index in [2.05, 4.69) is 4.98 Å². The standard InChI is InChI=1S/C9H13NO3S/c1-2-14(11,12)13-7-5-9-4-3-6-10-8-9/h3-4,6,8H,2,5,7H2,1H3. The molecular formula is C9H13NO3S. The highest BCUT2D eigenvalue weighted by molar-refractivity contribution is 7.86. The molecule has 1 aromatic rings. The second-order valence-electron chi connectivity index (χ2n) is 2.78. The lowest BCUT2D eigenvalue weighted by Crippen LogP contribution is -2.10. The topological polar surface area (TPSA) is 56.3 Å². The molecule has 5 heteroatoms. The summed E-state index contributed by atoms with van der Waals surface area (Å²) in [5.41, 5.74) is 0.971. The molecule has 0 radical (unpaired) electrons. The molecule has 1 aromatic heterocycles. The highest BCUT2D eigenvalue weighted by atomic mass is 32.2. The van der Waals surface area contributed by atoms with E-state index in [0.29, 0.717) is 6.42 Å². The molecule has 78 valence electrons. The van der Waals surface area contributed by atoms with Crippen molar-refractivity contribution in [3.63, 3.8) is 0 Å². The first-order valence-corrected chi connectivity index (χ1v) is 5.98. The second kappa shape index (κ2) is 5.07. The molecule has 0 bridgehead atoms. The van der Waals surface area contributed by atoms with Crippen molar-refractivity contribution in [3.8, 4) is 0 Å². The van der Waals surface area contributed by atoms with Crippen LogP contribution >= 0.6 is 0 Å². The van der Waals surface area contributed by atoms with Crippen molar-refractivity contribution in [2.75, 3.05) is 12.4 Å². The van der Waals surface area contributed by atoms with E-state index in [-0.39, 0.29) is 12.4 Å².